The van der Waals surface area contributed by atoms with Crippen LogP contribution in [0.2, 0.25) is 0 Å². The first-order chi connectivity index (χ1) is 12.0. The Morgan fingerprint density at radius 1 is 1.04 bits per heavy atom. The molecular weight excluding hydrogens is 322 g/mol. The highest BCUT2D eigenvalue weighted by Crippen LogP contribution is 2.17. The summed E-state index contributed by atoms with van der Waals surface area (Å²) in [7, 11) is 1.31. The zero-order chi connectivity index (χ0) is 18.2. The van der Waals surface area contributed by atoms with Gasteiger partial charge in [0, 0.05) is 24.8 Å². The highest BCUT2D eigenvalue weighted by atomic mass is 16.5. The molecule has 1 N–H and O–H groups in total. The van der Waals surface area contributed by atoms with E-state index in [1.807, 2.05) is 0 Å². The molecule has 0 unspecified atom stereocenters. The third-order valence-corrected chi connectivity index (χ3v) is 3.12. The highest BCUT2D eigenvalue weighted by molar-refractivity contribution is 5.91. The number of hydrogen-bond acceptors (Lipinski definition) is 5. The first-order valence-corrected chi connectivity index (χ1v) is 7.44. The molecule has 0 fully saturated rings. The molecule has 0 atom stereocenters. The van der Waals surface area contributed by atoms with E-state index in [2.05, 4.69) is 10.1 Å². The zero-order valence-electron chi connectivity index (χ0n) is 13.8. The van der Waals surface area contributed by atoms with Crippen molar-refractivity contribution in [1.82, 2.24) is 0 Å². The molecule has 25 heavy (non-hydrogen) atoms. The third kappa shape index (κ3) is 5.62. The molecule has 128 valence electrons. The Morgan fingerprint density at radius 2 is 1.76 bits per heavy atom. The van der Waals surface area contributed by atoms with Crippen LogP contribution in [-0.2, 0) is 14.3 Å². The molecule has 0 saturated carbocycles. The average molecular weight is 339 g/mol. The monoisotopic (exact) mass is 339 g/mol. The third-order valence-electron chi connectivity index (χ3n) is 3.12. The molecule has 0 aliphatic rings. The van der Waals surface area contributed by atoms with Crippen molar-refractivity contribution in [1.29, 1.82) is 0 Å². The first kappa shape index (κ1) is 17.9. The van der Waals surface area contributed by atoms with Gasteiger partial charge in [0.1, 0.15) is 5.75 Å². The van der Waals surface area contributed by atoms with Crippen LogP contribution in [0.1, 0.15) is 22.8 Å². The van der Waals surface area contributed by atoms with E-state index in [0.29, 0.717) is 17.0 Å². The molecule has 0 aromatic heterocycles. The van der Waals surface area contributed by atoms with Gasteiger partial charge >= 0.3 is 11.9 Å². The molecular formula is C19H17NO5. The van der Waals surface area contributed by atoms with E-state index in [0.717, 1.165) is 5.56 Å². The van der Waals surface area contributed by atoms with Gasteiger partial charge in [-0.25, -0.2) is 9.59 Å². The average Bonchev–Trinajstić information content (AvgIpc) is 2.59. The smallest absolute Gasteiger partial charge is 0.337 e. The molecule has 2 aromatic carbocycles. The minimum Gasteiger partial charge on any atom is -0.465 e. The van der Waals surface area contributed by atoms with Crippen molar-refractivity contribution in [3.8, 4) is 5.75 Å². The van der Waals surface area contributed by atoms with E-state index in [4.69, 9.17) is 4.74 Å². The van der Waals surface area contributed by atoms with E-state index in [1.54, 1.807) is 54.6 Å². The van der Waals surface area contributed by atoms with E-state index < -0.39 is 11.9 Å². The fourth-order valence-electron chi connectivity index (χ4n) is 2.00. The summed E-state index contributed by atoms with van der Waals surface area (Å²) in [6.45, 7) is 1.40. The number of anilines is 1. The lowest BCUT2D eigenvalue weighted by Gasteiger charge is -2.05. The fraction of sp³-hybridized carbons (Fsp3) is 0.105. The van der Waals surface area contributed by atoms with Gasteiger partial charge in [-0.15, -0.1) is 0 Å². The normalized spacial score (nSPS) is 10.3. The van der Waals surface area contributed by atoms with Gasteiger partial charge in [0.2, 0.25) is 5.91 Å². The minimum atomic E-state index is -0.558. The molecule has 0 spiro atoms. The number of hydrogen-bond donors (Lipinski definition) is 1. The summed E-state index contributed by atoms with van der Waals surface area (Å²) in [5.41, 5.74) is 1.70. The topological polar surface area (TPSA) is 81.7 Å². The van der Waals surface area contributed by atoms with Gasteiger partial charge in [-0.3, -0.25) is 4.79 Å². The number of amides is 1. The number of carbonyl (C=O) groups excluding carboxylic acids is 3. The number of benzene rings is 2. The Balaban J connectivity index is 1.98. The van der Waals surface area contributed by atoms with E-state index >= 15 is 0 Å². The number of esters is 2. The molecule has 2 rings (SSSR count). The number of ether oxygens (including phenoxy) is 2. The van der Waals surface area contributed by atoms with Crippen molar-refractivity contribution in [2.75, 3.05) is 12.4 Å². The molecule has 2 aromatic rings. The van der Waals surface area contributed by atoms with Crippen molar-refractivity contribution in [3.05, 3.63) is 65.7 Å². The van der Waals surface area contributed by atoms with Gasteiger partial charge in [-0.2, -0.15) is 0 Å². The van der Waals surface area contributed by atoms with Gasteiger partial charge in [-0.05, 0) is 35.9 Å². The molecule has 0 heterocycles. The number of rotatable bonds is 5. The van der Waals surface area contributed by atoms with E-state index in [-0.39, 0.29) is 5.91 Å². The van der Waals surface area contributed by atoms with Crippen LogP contribution >= 0.6 is 0 Å². The standard InChI is InChI=1S/C19H17NO5/c1-13(21)20-16-4-3-5-17(12-16)25-18(22)11-8-14-6-9-15(10-7-14)19(23)24-2/h3-12H,1-2H3,(H,20,21)/b11-8+. The summed E-state index contributed by atoms with van der Waals surface area (Å²) >= 11 is 0. The van der Waals surface area contributed by atoms with Crippen molar-refractivity contribution < 1.29 is 23.9 Å². The van der Waals surface area contributed by atoms with Crippen LogP contribution in [-0.4, -0.2) is 25.0 Å². The van der Waals surface area contributed by atoms with Crippen LogP contribution in [0.3, 0.4) is 0 Å². The summed E-state index contributed by atoms with van der Waals surface area (Å²) in [5, 5.41) is 2.61. The predicted octanol–water partition coefficient (Wildman–Crippen LogP) is 3.05. The SMILES string of the molecule is COC(=O)c1ccc(/C=C/C(=O)Oc2cccc(NC(C)=O)c2)cc1. The molecule has 0 radical (unpaired) electrons. The molecule has 0 aliphatic carbocycles. The van der Waals surface area contributed by atoms with Crippen LogP contribution in [0.4, 0.5) is 5.69 Å². The summed E-state index contributed by atoms with van der Waals surface area (Å²) in [4.78, 5) is 34.3. The summed E-state index contributed by atoms with van der Waals surface area (Å²) in [6, 6.07) is 13.1. The van der Waals surface area contributed by atoms with E-state index in [9.17, 15) is 14.4 Å². The molecule has 6 nitrogen and oxygen atoms in total. The minimum absolute atomic E-state index is 0.209. The van der Waals surface area contributed by atoms with Crippen LogP contribution in [0.5, 0.6) is 5.75 Å². The van der Waals surface area contributed by atoms with Crippen molar-refractivity contribution in [2.24, 2.45) is 0 Å². The van der Waals surface area contributed by atoms with Crippen LogP contribution in [0.25, 0.3) is 6.08 Å². The second-order valence-electron chi connectivity index (χ2n) is 5.08. The van der Waals surface area contributed by atoms with Crippen LogP contribution < -0.4 is 10.1 Å². The van der Waals surface area contributed by atoms with Gasteiger partial charge in [0.25, 0.3) is 0 Å². The predicted molar refractivity (Wildman–Crippen MR) is 93.2 cm³/mol. The number of methoxy groups -OCH3 is 1. The number of nitrogens with one attached hydrogen (secondary N) is 1. The van der Waals surface area contributed by atoms with Crippen molar-refractivity contribution in [2.45, 2.75) is 6.92 Å². The van der Waals surface area contributed by atoms with Crippen LogP contribution in [0, 0.1) is 0 Å². The summed E-state index contributed by atoms with van der Waals surface area (Å²) in [6.07, 6.45) is 2.85. The second kappa shape index (κ2) is 8.44. The Bertz CT molecular complexity index is 809. The lowest BCUT2D eigenvalue weighted by molar-refractivity contribution is -0.128. The number of carbonyl (C=O) groups is 3. The maximum atomic E-state index is 11.9. The first-order valence-electron chi connectivity index (χ1n) is 7.44. The fourth-order valence-corrected chi connectivity index (χ4v) is 2.00. The van der Waals surface area contributed by atoms with Gasteiger partial charge < -0.3 is 14.8 Å². The Hall–Kier alpha value is -3.41. The largest absolute Gasteiger partial charge is 0.465 e. The lowest BCUT2D eigenvalue weighted by atomic mass is 10.1. The molecule has 1 amide bonds. The second-order valence-corrected chi connectivity index (χ2v) is 5.08. The van der Waals surface area contributed by atoms with Gasteiger partial charge in [-0.1, -0.05) is 18.2 Å². The molecule has 0 saturated heterocycles. The van der Waals surface area contributed by atoms with Crippen molar-refractivity contribution in [3.63, 3.8) is 0 Å². The molecule has 6 heteroatoms. The highest BCUT2D eigenvalue weighted by Gasteiger charge is 2.05. The summed E-state index contributed by atoms with van der Waals surface area (Å²) in [5.74, 6) is -0.869. The van der Waals surface area contributed by atoms with Crippen LogP contribution in [0.15, 0.2) is 54.6 Å². The Labute approximate surface area is 145 Å². The Morgan fingerprint density at radius 3 is 2.40 bits per heavy atom. The molecule has 0 bridgehead atoms. The zero-order valence-corrected chi connectivity index (χ0v) is 13.8. The summed E-state index contributed by atoms with van der Waals surface area (Å²) < 4.78 is 9.80. The maximum Gasteiger partial charge on any atom is 0.337 e. The molecule has 0 aliphatic heterocycles. The van der Waals surface area contributed by atoms with E-state index in [1.165, 1.54) is 20.1 Å². The Kier molecular flexibility index (Phi) is 6.06. The lowest BCUT2D eigenvalue weighted by Crippen LogP contribution is -2.07. The van der Waals surface area contributed by atoms with Gasteiger partial charge in [0.15, 0.2) is 0 Å². The van der Waals surface area contributed by atoms with Crippen molar-refractivity contribution >= 4 is 29.6 Å². The maximum absolute atomic E-state index is 11.9. The van der Waals surface area contributed by atoms with Gasteiger partial charge in [0.05, 0.1) is 12.7 Å². The quantitative estimate of drug-likeness (QED) is 0.514.